The second-order valence-corrected chi connectivity index (χ2v) is 2.73. The van der Waals surface area contributed by atoms with Crippen LogP contribution in [0, 0.1) is 0 Å². The quantitative estimate of drug-likeness (QED) is 0.484. The molecule has 1 N–H and O–H groups in total. The topological polar surface area (TPSA) is 20.2 Å². The molecule has 0 bridgehead atoms. The minimum atomic E-state index is -0.749. The molecular formula is C10H16O. The standard InChI is InChI=1S/C10H16O/c1-4-6-7-9-10(3,11)8-5-2/h4-7,9,11H,2,8H2,1,3H3. The third-order valence-electron chi connectivity index (χ3n) is 1.32. The summed E-state index contributed by atoms with van der Waals surface area (Å²) in [5.41, 5.74) is -0.749. The van der Waals surface area contributed by atoms with Crippen LogP contribution < -0.4 is 0 Å². The molecule has 0 rings (SSSR count). The first-order valence-electron chi connectivity index (χ1n) is 3.76. The van der Waals surface area contributed by atoms with E-state index in [1.54, 1.807) is 19.1 Å². The van der Waals surface area contributed by atoms with Gasteiger partial charge in [-0.25, -0.2) is 0 Å². The zero-order chi connectivity index (χ0) is 8.74. The summed E-state index contributed by atoms with van der Waals surface area (Å²) < 4.78 is 0. The zero-order valence-electron chi connectivity index (χ0n) is 7.25. The average Bonchev–Trinajstić information content (AvgIpc) is 1.87. The minimum absolute atomic E-state index is 0.584. The Labute approximate surface area is 68.7 Å². The minimum Gasteiger partial charge on any atom is -0.386 e. The van der Waals surface area contributed by atoms with Gasteiger partial charge in [-0.2, -0.15) is 0 Å². The average molecular weight is 152 g/mol. The predicted octanol–water partition coefficient (Wildman–Crippen LogP) is 2.45. The first-order valence-corrected chi connectivity index (χ1v) is 3.76. The lowest BCUT2D eigenvalue weighted by Crippen LogP contribution is -2.18. The van der Waals surface area contributed by atoms with E-state index >= 15 is 0 Å². The Balaban J connectivity index is 3.98. The largest absolute Gasteiger partial charge is 0.386 e. The molecule has 0 spiro atoms. The molecular weight excluding hydrogens is 136 g/mol. The van der Waals surface area contributed by atoms with Gasteiger partial charge in [0, 0.05) is 0 Å². The monoisotopic (exact) mass is 152 g/mol. The third kappa shape index (κ3) is 5.62. The van der Waals surface area contributed by atoms with Gasteiger partial charge in [0.1, 0.15) is 0 Å². The SMILES string of the molecule is C=CCC(C)(O)C=CC=CC. The van der Waals surface area contributed by atoms with Crippen molar-refractivity contribution >= 4 is 0 Å². The van der Waals surface area contributed by atoms with E-state index in [9.17, 15) is 5.11 Å². The molecule has 1 heteroatoms. The van der Waals surface area contributed by atoms with Crippen LogP contribution in [-0.2, 0) is 0 Å². The van der Waals surface area contributed by atoms with Crippen LogP contribution in [0.5, 0.6) is 0 Å². The van der Waals surface area contributed by atoms with Crippen LogP contribution in [0.15, 0.2) is 37.0 Å². The Kier molecular flexibility index (Phi) is 4.55. The second-order valence-electron chi connectivity index (χ2n) is 2.73. The van der Waals surface area contributed by atoms with Crippen LogP contribution >= 0.6 is 0 Å². The Hall–Kier alpha value is -0.820. The number of hydrogen-bond donors (Lipinski definition) is 1. The van der Waals surface area contributed by atoms with Gasteiger partial charge in [-0.3, -0.25) is 0 Å². The van der Waals surface area contributed by atoms with E-state index < -0.39 is 5.60 Å². The Morgan fingerprint density at radius 1 is 1.45 bits per heavy atom. The maximum atomic E-state index is 9.55. The van der Waals surface area contributed by atoms with Gasteiger partial charge < -0.3 is 5.11 Å². The molecule has 0 aliphatic heterocycles. The first kappa shape index (κ1) is 10.2. The molecule has 62 valence electrons. The molecule has 0 aromatic carbocycles. The number of allylic oxidation sites excluding steroid dienone is 3. The van der Waals surface area contributed by atoms with E-state index in [4.69, 9.17) is 0 Å². The van der Waals surface area contributed by atoms with Crippen molar-refractivity contribution in [2.75, 3.05) is 0 Å². The van der Waals surface area contributed by atoms with Crippen molar-refractivity contribution in [1.82, 2.24) is 0 Å². The van der Waals surface area contributed by atoms with Crippen molar-refractivity contribution in [3.63, 3.8) is 0 Å². The fraction of sp³-hybridized carbons (Fsp3) is 0.400. The highest BCUT2D eigenvalue weighted by atomic mass is 16.3. The Bertz CT molecular complexity index is 164. The van der Waals surface area contributed by atoms with Gasteiger partial charge in [-0.15, -0.1) is 6.58 Å². The predicted molar refractivity (Wildman–Crippen MR) is 49.4 cm³/mol. The van der Waals surface area contributed by atoms with Crippen molar-refractivity contribution in [3.05, 3.63) is 37.0 Å². The lowest BCUT2D eigenvalue weighted by Gasteiger charge is -2.15. The maximum Gasteiger partial charge on any atom is 0.0836 e. The Morgan fingerprint density at radius 3 is 2.55 bits per heavy atom. The van der Waals surface area contributed by atoms with Crippen LogP contribution in [0.1, 0.15) is 20.3 Å². The summed E-state index contributed by atoms with van der Waals surface area (Å²) in [5, 5.41) is 9.55. The van der Waals surface area contributed by atoms with Crippen molar-refractivity contribution in [1.29, 1.82) is 0 Å². The second kappa shape index (κ2) is 4.91. The van der Waals surface area contributed by atoms with E-state index in [-0.39, 0.29) is 0 Å². The maximum absolute atomic E-state index is 9.55. The molecule has 1 atom stereocenters. The molecule has 11 heavy (non-hydrogen) atoms. The van der Waals surface area contributed by atoms with Crippen molar-refractivity contribution < 1.29 is 5.11 Å². The fourth-order valence-electron chi connectivity index (χ4n) is 0.734. The van der Waals surface area contributed by atoms with Gasteiger partial charge in [0.05, 0.1) is 5.60 Å². The molecule has 0 aliphatic rings. The van der Waals surface area contributed by atoms with Crippen LogP contribution in [0.2, 0.25) is 0 Å². The molecule has 0 fully saturated rings. The molecule has 0 radical (unpaired) electrons. The van der Waals surface area contributed by atoms with Crippen molar-refractivity contribution in [2.24, 2.45) is 0 Å². The van der Waals surface area contributed by atoms with Gasteiger partial charge >= 0.3 is 0 Å². The fourth-order valence-corrected chi connectivity index (χ4v) is 0.734. The molecule has 0 saturated carbocycles. The molecule has 0 aliphatic carbocycles. The molecule has 0 amide bonds. The molecule has 1 nitrogen and oxygen atoms in total. The van der Waals surface area contributed by atoms with Crippen LogP contribution in [0.3, 0.4) is 0 Å². The highest BCUT2D eigenvalue weighted by Crippen LogP contribution is 2.10. The summed E-state index contributed by atoms with van der Waals surface area (Å²) in [6.45, 7) is 7.26. The summed E-state index contributed by atoms with van der Waals surface area (Å²) in [5.74, 6) is 0. The summed E-state index contributed by atoms with van der Waals surface area (Å²) in [6.07, 6.45) is 9.69. The van der Waals surface area contributed by atoms with Crippen molar-refractivity contribution in [2.45, 2.75) is 25.9 Å². The van der Waals surface area contributed by atoms with E-state index in [1.165, 1.54) is 0 Å². The van der Waals surface area contributed by atoms with Gasteiger partial charge in [0.25, 0.3) is 0 Å². The lowest BCUT2D eigenvalue weighted by atomic mass is 10.0. The third-order valence-corrected chi connectivity index (χ3v) is 1.32. The highest BCUT2D eigenvalue weighted by Gasteiger charge is 2.11. The number of aliphatic hydroxyl groups is 1. The van der Waals surface area contributed by atoms with Crippen LogP contribution in [0.4, 0.5) is 0 Å². The summed E-state index contributed by atoms with van der Waals surface area (Å²) in [4.78, 5) is 0. The molecule has 0 heterocycles. The van der Waals surface area contributed by atoms with Crippen molar-refractivity contribution in [3.8, 4) is 0 Å². The van der Waals surface area contributed by atoms with E-state index in [1.807, 2.05) is 25.2 Å². The Morgan fingerprint density at radius 2 is 2.09 bits per heavy atom. The summed E-state index contributed by atoms with van der Waals surface area (Å²) >= 11 is 0. The van der Waals surface area contributed by atoms with Crippen LogP contribution in [0.25, 0.3) is 0 Å². The highest BCUT2D eigenvalue weighted by molar-refractivity contribution is 5.09. The normalized spacial score (nSPS) is 17.4. The molecule has 1 unspecified atom stereocenters. The molecule has 0 aromatic rings. The first-order chi connectivity index (χ1) is 5.12. The smallest absolute Gasteiger partial charge is 0.0836 e. The van der Waals surface area contributed by atoms with Crippen LogP contribution in [-0.4, -0.2) is 10.7 Å². The van der Waals surface area contributed by atoms with E-state index in [2.05, 4.69) is 6.58 Å². The van der Waals surface area contributed by atoms with E-state index in [0.717, 1.165) is 0 Å². The lowest BCUT2D eigenvalue weighted by molar-refractivity contribution is 0.115. The molecule has 0 saturated heterocycles. The van der Waals surface area contributed by atoms with Gasteiger partial charge in [0.15, 0.2) is 0 Å². The van der Waals surface area contributed by atoms with Gasteiger partial charge in [-0.05, 0) is 20.3 Å². The summed E-state index contributed by atoms with van der Waals surface area (Å²) in [6, 6.07) is 0. The van der Waals surface area contributed by atoms with E-state index in [0.29, 0.717) is 6.42 Å². The number of rotatable bonds is 4. The van der Waals surface area contributed by atoms with Gasteiger partial charge in [-0.1, -0.05) is 30.4 Å². The number of hydrogen-bond acceptors (Lipinski definition) is 1. The molecule has 0 aromatic heterocycles. The zero-order valence-corrected chi connectivity index (χ0v) is 7.25. The van der Waals surface area contributed by atoms with Gasteiger partial charge in [0.2, 0.25) is 0 Å². The summed E-state index contributed by atoms with van der Waals surface area (Å²) in [7, 11) is 0.